The van der Waals surface area contributed by atoms with E-state index in [-0.39, 0.29) is 11.5 Å². The summed E-state index contributed by atoms with van der Waals surface area (Å²) >= 11 is 5.96. The van der Waals surface area contributed by atoms with Crippen molar-refractivity contribution in [3.63, 3.8) is 0 Å². The van der Waals surface area contributed by atoms with Crippen molar-refractivity contribution in [2.45, 2.75) is 47.0 Å². The van der Waals surface area contributed by atoms with Crippen LogP contribution in [0.4, 0.5) is 0 Å². The molecule has 2 nitrogen and oxygen atoms in total. The Kier molecular flexibility index (Phi) is 6.44. The van der Waals surface area contributed by atoms with Gasteiger partial charge in [0.1, 0.15) is 5.76 Å². The van der Waals surface area contributed by atoms with Crippen LogP contribution in [0.5, 0.6) is 0 Å². The Morgan fingerprint density at radius 1 is 0.920 bits per heavy atom. The van der Waals surface area contributed by atoms with Gasteiger partial charge in [0.2, 0.25) is 0 Å². The van der Waals surface area contributed by atoms with Crippen LogP contribution in [0.1, 0.15) is 49.8 Å². The molecule has 0 fully saturated rings. The van der Waals surface area contributed by atoms with Crippen LogP contribution in [0.25, 0.3) is 16.7 Å². The van der Waals surface area contributed by atoms with Gasteiger partial charge in [0.25, 0.3) is 0 Å². The van der Waals surface area contributed by atoms with Gasteiger partial charge in [0, 0.05) is 17.9 Å². The van der Waals surface area contributed by atoms with E-state index in [1.807, 2.05) is 58.0 Å². The number of hydrogen-bond acceptors (Lipinski definition) is 2. The molecule has 2 aromatic rings. The number of aliphatic hydroxyl groups excluding tert-OH is 1. The van der Waals surface area contributed by atoms with E-state index in [4.69, 9.17) is 11.6 Å². The van der Waals surface area contributed by atoms with Gasteiger partial charge in [-0.05, 0) is 60.2 Å². The number of aryl methyl sites for hydroxylation is 2. The van der Waals surface area contributed by atoms with Crippen molar-refractivity contribution in [3.05, 3.63) is 63.9 Å². The summed E-state index contributed by atoms with van der Waals surface area (Å²) in [7, 11) is 0. The molecule has 0 spiro atoms. The van der Waals surface area contributed by atoms with Crippen LogP contribution in [-0.2, 0) is 4.79 Å². The second kappa shape index (κ2) is 8.35. The Bertz CT molecular complexity index is 802. The molecule has 3 heteroatoms. The zero-order valence-electron chi connectivity index (χ0n) is 15.3. The third kappa shape index (κ3) is 4.13. The van der Waals surface area contributed by atoms with Crippen LogP contribution in [0.15, 0.2) is 42.2 Å². The van der Waals surface area contributed by atoms with E-state index in [9.17, 15) is 9.90 Å². The number of allylic oxidation sites excluding steroid dienone is 2. The molecule has 0 radical (unpaired) electrons. The first-order valence-electron chi connectivity index (χ1n) is 8.80. The largest absolute Gasteiger partial charge is 0.512 e. The van der Waals surface area contributed by atoms with Gasteiger partial charge in [0.05, 0.1) is 5.57 Å². The van der Waals surface area contributed by atoms with Gasteiger partial charge in [0.15, 0.2) is 5.78 Å². The van der Waals surface area contributed by atoms with Gasteiger partial charge in [-0.3, -0.25) is 4.79 Å². The van der Waals surface area contributed by atoms with Crippen LogP contribution >= 0.6 is 11.6 Å². The summed E-state index contributed by atoms with van der Waals surface area (Å²) in [6, 6.07) is 11.8. The maximum Gasteiger partial charge on any atom is 0.166 e. The molecule has 0 aromatic heterocycles. The van der Waals surface area contributed by atoms with E-state index >= 15 is 0 Å². The van der Waals surface area contributed by atoms with Crippen LogP contribution in [-0.4, -0.2) is 10.9 Å². The van der Waals surface area contributed by atoms with Crippen molar-refractivity contribution < 1.29 is 9.90 Å². The number of aliphatic hydroxyl groups is 1. The Balaban J connectivity index is 0.00000109. The van der Waals surface area contributed by atoms with Gasteiger partial charge in [-0.25, -0.2) is 0 Å². The van der Waals surface area contributed by atoms with Gasteiger partial charge in [-0.15, -0.1) is 0 Å². The quantitative estimate of drug-likeness (QED) is 0.652. The van der Waals surface area contributed by atoms with Crippen molar-refractivity contribution in [1.29, 1.82) is 0 Å². The van der Waals surface area contributed by atoms with E-state index in [1.54, 1.807) is 0 Å². The third-order valence-corrected chi connectivity index (χ3v) is 4.63. The second-order valence-electron chi connectivity index (χ2n) is 6.09. The van der Waals surface area contributed by atoms with Gasteiger partial charge in [-0.1, -0.05) is 49.7 Å². The lowest BCUT2D eigenvalue weighted by molar-refractivity contribution is -0.114. The summed E-state index contributed by atoms with van der Waals surface area (Å²) in [6.45, 7) is 8.01. The van der Waals surface area contributed by atoms with Gasteiger partial charge >= 0.3 is 0 Å². The van der Waals surface area contributed by atoms with Crippen LogP contribution in [0.2, 0.25) is 5.02 Å². The zero-order chi connectivity index (χ0) is 18.6. The first-order valence-corrected chi connectivity index (χ1v) is 9.18. The van der Waals surface area contributed by atoms with E-state index in [1.165, 1.54) is 0 Å². The molecule has 0 bridgehead atoms. The van der Waals surface area contributed by atoms with Crippen molar-refractivity contribution >= 4 is 23.0 Å². The topological polar surface area (TPSA) is 37.3 Å². The minimum absolute atomic E-state index is 0.0375. The number of rotatable bonds is 2. The average Bonchev–Trinajstić information content (AvgIpc) is 2.60. The first kappa shape index (κ1) is 19.3. The number of halogens is 1. The smallest absolute Gasteiger partial charge is 0.166 e. The standard InChI is InChI=1S/C20H19ClO2.C2H6/c1-12-11-17(20-18(22)4-3-5-19(20)23)13(2)10-16(12)14-6-8-15(21)9-7-14;1-2/h6-11,22H,3-5H2,1-2H3;1-2H3. The average molecular weight is 357 g/mol. The minimum atomic E-state index is 0.0375. The molecule has 0 heterocycles. The highest BCUT2D eigenvalue weighted by molar-refractivity contribution is 6.30. The zero-order valence-corrected chi connectivity index (χ0v) is 16.1. The molecule has 3 rings (SSSR count). The molecule has 1 aliphatic rings. The van der Waals surface area contributed by atoms with Crippen molar-refractivity contribution in [2.24, 2.45) is 0 Å². The molecule has 25 heavy (non-hydrogen) atoms. The summed E-state index contributed by atoms with van der Waals surface area (Å²) < 4.78 is 0. The maximum atomic E-state index is 12.2. The van der Waals surface area contributed by atoms with E-state index in [0.717, 1.165) is 34.2 Å². The fraction of sp³-hybridized carbons (Fsp3) is 0.318. The van der Waals surface area contributed by atoms with Crippen LogP contribution < -0.4 is 0 Å². The molecule has 0 amide bonds. The predicted octanol–water partition coefficient (Wildman–Crippen LogP) is 6.67. The fourth-order valence-electron chi connectivity index (χ4n) is 3.16. The minimum Gasteiger partial charge on any atom is -0.512 e. The van der Waals surface area contributed by atoms with Gasteiger partial charge in [-0.2, -0.15) is 0 Å². The molecular formula is C22H25ClO2. The molecule has 0 saturated carbocycles. The first-order chi connectivity index (χ1) is 12.0. The number of hydrogen-bond donors (Lipinski definition) is 1. The number of benzene rings is 2. The highest BCUT2D eigenvalue weighted by Gasteiger charge is 2.23. The monoisotopic (exact) mass is 356 g/mol. The van der Waals surface area contributed by atoms with E-state index in [0.29, 0.717) is 23.4 Å². The summed E-state index contributed by atoms with van der Waals surface area (Å²) in [6.07, 6.45) is 1.82. The second-order valence-corrected chi connectivity index (χ2v) is 6.52. The maximum absolute atomic E-state index is 12.2. The molecule has 0 aliphatic heterocycles. The highest BCUT2D eigenvalue weighted by Crippen LogP contribution is 2.34. The Morgan fingerprint density at radius 3 is 2.08 bits per heavy atom. The summed E-state index contributed by atoms with van der Waals surface area (Å²) in [5.41, 5.74) is 5.63. The lowest BCUT2D eigenvalue weighted by Gasteiger charge is -2.19. The highest BCUT2D eigenvalue weighted by atomic mass is 35.5. The molecule has 1 aliphatic carbocycles. The van der Waals surface area contributed by atoms with Gasteiger partial charge < -0.3 is 5.11 Å². The number of carbonyl (C=O) groups is 1. The molecule has 2 aromatic carbocycles. The SMILES string of the molecule is CC.Cc1cc(-c2ccc(Cl)cc2)c(C)cc1C1=C(O)CCCC1=O. The van der Waals surface area contributed by atoms with Crippen molar-refractivity contribution in [3.8, 4) is 11.1 Å². The van der Waals surface area contributed by atoms with E-state index in [2.05, 4.69) is 6.07 Å². The lowest BCUT2D eigenvalue weighted by atomic mass is 9.86. The van der Waals surface area contributed by atoms with E-state index < -0.39 is 0 Å². The number of ketones is 1. The van der Waals surface area contributed by atoms with Crippen molar-refractivity contribution in [1.82, 2.24) is 0 Å². The fourth-order valence-corrected chi connectivity index (χ4v) is 3.28. The summed E-state index contributed by atoms with van der Waals surface area (Å²) in [5.74, 6) is 0.262. The molecule has 0 saturated heterocycles. The molecular weight excluding hydrogens is 332 g/mol. The number of Topliss-reactive ketones (excluding diaryl/α,β-unsaturated/α-hetero) is 1. The van der Waals surface area contributed by atoms with Crippen LogP contribution in [0.3, 0.4) is 0 Å². The number of carbonyl (C=O) groups excluding carboxylic acids is 1. The predicted molar refractivity (Wildman–Crippen MR) is 106 cm³/mol. The molecule has 132 valence electrons. The van der Waals surface area contributed by atoms with Crippen LogP contribution in [0, 0.1) is 13.8 Å². The Hall–Kier alpha value is -2.06. The Morgan fingerprint density at radius 2 is 1.48 bits per heavy atom. The summed E-state index contributed by atoms with van der Waals surface area (Å²) in [5, 5.41) is 10.9. The summed E-state index contributed by atoms with van der Waals surface area (Å²) in [4.78, 5) is 12.2. The Labute approximate surface area is 155 Å². The molecule has 1 N–H and O–H groups in total. The molecule has 0 atom stereocenters. The third-order valence-electron chi connectivity index (χ3n) is 4.38. The van der Waals surface area contributed by atoms with Crippen molar-refractivity contribution in [2.75, 3.05) is 0 Å². The normalized spacial score (nSPS) is 14.2. The molecule has 0 unspecified atom stereocenters. The lowest BCUT2D eigenvalue weighted by Crippen LogP contribution is -2.12.